The second kappa shape index (κ2) is 7.00. The molecule has 5 heteroatoms. The van der Waals surface area contributed by atoms with Gasteiger partial charge in [-0.1, -0.05) is 36.4 Å². The average Bonchev–Trinajstić information content (AvgIpc) is 3.19. The lowest BCUT2D eigenvalue weighted by Gasteiger charge is -2.23. The minimum atomic E-state index is -0.00504. The molecule has 2 aromatic carbocycles. The summed E-state index contributed by atoms with van der Waals surface area (Å²) in [6, 6.07) is 20.3. The van der Waals surface area contributed by atoms with E-state index in [2.05, 4.69) is 27.8 Å². The Morgan fingerprint density at radius 1 is 1.07 bits per heavy atom. The molecule has 0 radical (unpaired) electrons. The number of nitrogens with zero attached hydrogens (tertiary/aromatic N) is 3. The molecule has 4 nitrogen and oxygen atoms in total. The minimum Gasteiger partial charge on any atom is -0.346 e. The van der Waals surface area contributed by atoms with Crippen LogP contribution in [0.15, 0.2) is 60.7 Å². The van der Waals surface area contributed by atoms with Gasteiger partial charge in [0.2, 0.25) is 0 Å². The summed E-state index contributed by atoms with van der Waals surface area (Å²) in [7, 11) is 2.05. The summed E-state index contributed by atoms with van der Waals surface area (Å²) in [4.78, 5) is 20.4. The van der Waals surface area contributed by atoms with Crippen LogP contribution in [0.2, 0.25) is 0 Å². The summed E-state index contributed by atoms with van der Waals surface area (Å²) in [5.74, 6) is -0.00504. The van der Waals surface area contributed by atoms with Gasteiger partial charge in [-0.3, -0.25) is 4.79 Å². The average molecular weight is 375 g/mol. The number of rotatable bonds is 4. The predicted octanol–water partition coefficient (Wildman–Crippen LogP) is 5.10. The summed E-state index contributed by atoms with van der Waals surface area (Å²) < 4.78 is 2.16. The molecule has 0 N–H and O–H groups in total. The van der Waals surface area contributed by atoms with Crippen molar-refractivity contribution in [2.45, 2.75) is 20.4 Å². The van der Waals surface area contributed by atoms with Crippen molar-refractivity contribution in [3.8, 4) is 0 Å². The highest BCUT2D eigenvalue weighted by Crippen LogP contribution is 2.26. The monoisotopic (exact) mass is 375 g/mol. The highest BCUT2D eigenvalue weighted by atomic mass is 32.1. The first-order valence-electron chi connectivity index (χ1n) is 8.89. The molecule has 4 aromatic rings. The molecule has 0 aliphatic heterocycles. The van der Waals surface area contributed by atoms with Gasteiger partial charge in [0.25, 0.3) is 5.91 Å². The second-order valence-electron chi connectivity index (χ2n) is 6.63. The van der Waals surface area contributed by atoms with E-state index in [9.17, 15) is 4.79 Å². The molecule has 0 atom stereocenters. The number of fused-ring (bicyclic) bond motifs is 1. The smallest absolute Gasteiger partial charge is 0.270 e. The number of aryl methyl sites for hydroxylation is 3. The quantitative estimate of drug-likeness (QED) is 0.498. The molecule has 4 rings (SSSR count). The molecule has 0 fully saturated rings. The van der Waals surface area contributed by atoms with E-state index >= 15 is 0 Å². The Bertz CT molecular complexity index is 1110. The third-order valence-electron chi connectivity index (χ3n) is 4.78. The van der Waals surface area contributed by atoms with Crippen LogP contribution >= 0.6 is 11.3 Å². The Hall–Kier alpha value is -2.92. The lowest BCUT2D eigenvalue weighted by molar-refractivity contribution is 0.0988. The third-order valence-corrected chi connectivity index (χ3v) is 5.84. The second-order valence-corrected chi connectivity index (χ2v) is 7.83. The SMILES string of the molecule is Cc1nc(C)c(C(=O)N(Cc2cc3ccccc3n2C)c2ccccc2)s1. The topological polar surface area (TPSA) is 38.1 Å². The number of hydrogen-bond acceptors (Lipinski definition) is 3. The fraction of sp³-hybridized carbons (Fsp3) is 0.182. The van der Waals surface area contributed by atoms with E-state index in [-0.39, 0.29) is 5.91 Å². The van der Waals surface area contributed by atoms with E-state index in [0.29, 0.717) is 11.4 Å². The van der Waals surface area contributed by atoms with Crippen molar-refractivity contribution in [3.63, 3.8) is 0 Å². The van der Waals surface area contributed by atoms with Crippen molar-refractivity contribution < 1.29 is 4.79 Å². The van der Waals surface area contributed by atoms with Crippen LogP contribution in [0.3, 0.4) is 0 Å². The van der Waals surface area contributed by atoms with E-state index < -0.39 is 0 Å². The number of anilines is 1. The fourth-order valence-electron chi connectivity index (χ4n) is 3.40. The van der Waals surface area contributed by atoms with Crippen LogP contribution in [0.25, 0.3) is 10.9 Å². The first-order chi connectivity index (χ1) is 13.0. The predicted molar refractivity (Wildman–Crippen MR) is 111 cm³/mol. The Balaban J connectivity index is 1.77. The zero-order valence-corrected chi connectivity index (χ0v) is 16.5. The molecule has 0 aliphatic rings. The van der Waals surface area contributed by atoms with Crippen LogP contribution in [0.5, 0.6) is 0 Å². The van der Waals surface area contributed by atoms with E-state index in [1.807, 2.05) is 68.3 Å². The molecule has 2 heterocycles. The van der Waals surface area contributed by atoms with Gasteiger partial charge in [-0.2, -0.15) is 0 Å². The largest absolute Gasteiger partial charge is 0.346 e. The van der Waals surface area contributed by atoms with Crippen molar-refractivity contribution in [2.75, 3.05) is 4.90 Å². The summed E-state index contributed by atoms with van der Waals surface area (Å²) in [5.41, 5.74) is 3.93. The molecular formula is C22H21N3OS. The van der Waals surface area contributed by atoms with Crippen LogP contribution in [-0.2, 0) is 13.6 Å². The molecule has 0 unspecified atom stereocenters. The van der Waals surface area contributed by atoms with Gasteiger partial charge in [0.15, 0.2) is 0 Å². The lowest BCUT2D eigenvalue weighted by atomic mass is 10.2. The van der Waals surface area contributed by atoms with Crippen LogP contribution in [0, 0.1) is 13.8 Å². The number of aromatic nitrogens is 2. The fourth-order valence-corrected chi connectivity index (χ4v) is 4.27. The molecule has 2 aromatic heterocycles. The Morgan fingerprint density at radius 3 is 2.44 bits per heavy atom. The minimum absolute atomic E-state index is 0.00504. The van der Waals surface area contributed by atoms with Crippen LogP contribution in [0.4, 0.5) is 5.69 Å². The van der Waals surface area contributed by atoms with Crippen molar-refractivity contribution in [3.05, 3.63) is 81.9 Å². The van der Waals surface area contributed by atoms with E-state index in [0.717, 1.165) is 27.6 Å². The number of amides is 1. The van der Waals surface area contributed by atoms with Gasteiger partial charge in [-0.05, 0) is 43.5 Å². The number of para-hydroxylation sites is 2. The Labute approximate surface area is 162 Å². The number of thiazole rings is 1. The van der Waals surface area contributed by atoms with Crippen molar-refractivity contribution in [2.24, 2.45) is 7.05 Å². The molecule has 0 aliphatic carbocycles. The molecule has 0 saturated heterocycles. The highest BCUT2D eigenvalue weighted by Gasteiger charge is 2.23. The molecule has 136 valence electrons. The van der Waals surface area contributed by atoms with Crippen molar-refractivity contribution in [1.29, 1.82) is 0 Å². The Kier molecular flexibility index (Phi) is 4.54. The number of hydrogen-bond donors (Lipinski definition) is 0. The summed E-state index contributed by atoms with van der Waals surface area (Å²) in [5, 5.41) is 2.09. The molecule has 1 amide bonds. The van der Waals surface area contributed by atoms with Gasteiger partial charge >= 0.3 is 0 Å². The maximum Gasteiger partial charge on any atom is 0.270 e. The molecular weight excluding hydrogens is 354 g/mol. The van der Waals surface area contributed by atoms with E-state index in [1.165, 1.54) is 16.7 Å². The van der Waals surface area contributed by atoms with Crippen LogP contribution in [-0.4, -0.2) is 15.5 Å². The summed E-state index contributed by atoms with van der Waals surface area (Å²) >= 11 is 1.46. The number of carbonyl (C=O) groups excluding carboxylic acids is 1. The van der Waals surface area contributed by atoms with E-state index in [4.69, 9.17) is 0 Å². The zero-order chi connectivity index (χ0) is 19.0. The van der Waals surface area contributed by atoms with Gasteiger partial charge < -0.3 is 9.47 Å². The van der Waals surface area contributed by atoms with Gasteiger partial charge in [0, 0.05) is 23.9 Å². The third kappa shape index (κ3) is 3.26. The molecule has 0 saturated carbocycles. The maximum atomic E-state index is 13.4. The van der Waals surface area contributed by atoms with Gasteiger partial charge in [0.05, 0.1) is 17.2 Å². The molecule has 0 bridgehead atoms. The van der Waals surface area contributed by atoms with Gasteiger partial charge in [0.1, 0.15) is 4.88 Å². The molecule has 27 heavy (non-hydrogen) atoms. The van der Waals surface area contributed by atoms with Gasteiger partial charge in [-0.25, -0.2) is 4.98 Å². The van der Waals surface area contributed by atoms with E-state index in [1.54, 1.807) is 0 Å². The molecule has 0 spiro atoms. The first-order valence-corrected chi connectivity index (χ1v) is 9.70. The van der Waals surface area contributed by atoms with Crippen LogP contribution in [0.1, 0.15) is 26.1 Å². The lowest BCUT2D eigenvalue weighted by Crippen LogP contribution is -2.31. The highest BCUT2D eigenvalue weighted by molar-refractivity contribution is 7.13. The first kappa shape index (κ1) is 17.5. The summed E-state index contributed by atoms with van der Waals surface area (Å²) in [6.45, 7) is 4.34. The van der Waals surface area contributed by atoms with Crippen molar-refractivity contribution in [1.82, 2.24) is 9.55 Å². The maximum absolute atomic E-state index is 13.4. The number of carbonyl (C=O) groups is 1. The summed E-state index contributed by atoms with van der Waals surface area (Å²) in [6.07, 6.45) is 0. The number of benzene rings is 2. The van der Waals surface area contributed by atoms with Crippen molar-refractivity contribution >= 4 is 33.8 Å². The standard InChI is InChI=1S/C22H21N3OS/c1-15-21(27-16(2)23-15)22(26)25(18-10-5-4-6-11-18)14-19-13-17-9-7-8-12-20(17)24(19)3/h4-13H,14H2,1-3H3. The Morgan fingerprint density at radius 2 is 1.78 bits per heavy atom. The van der Waals surface area contributed by atoms with Gasteiger partial charge in [-0.15, -0.1) is 11.3 Å². The zero-order valence-electron chi connectivity index (χ0n) is 15.6. The van der Waals surface area contributed by atoms with Crippen LogP contribution < -0.4 is 4.90 Å². The normalized spacial score (nSPS) is 11.1.